The third kappa shape index (κ3) is 10.9. The first-order valence-electron chi connectivity index (χ1n) is 16.0. The summed E-state index contributed by atoms with van der Waals surface area (Å²) in [5.74, 6) is -3.58. The van der Waals surface area contributed by atoms with Gasteiger partial charge < -0.3 is 38.8 Å². The van der Waals surface area contributed by atoms with Gasteiger partial charge in [-0.2, -0.15) is 0 Å². The van der Waals surface area contributed by atoms with E-state index < -0.39 is 36.1 Å². The smallest absolute Gasteiger partial charge is 0.346 e. The van der Waals surface area contributed by atoms with E-state index in [9.17, 15) is 29.4 Å². The summed E-state index contributed by atoms with van der Waals surface area (Å²) in [5, 5.41) is 24.0. The highest BCUT2D eigenvalue weighted by molar-refractivity contribution is 7.10. The van der Waals surface area contributed by atoms with Gasteiger partial charge in [-0.15, -0.1) is 11.3 Å². The molecule has 0 aliphatic carbocycles. The molecule has 1 aromatic heterocycles. The molecular formula is C39H39NO11S. The zero-order chi connectivity index (χ0) is 37.6. The van der Waals surface area contributed by atoms with Crippen LogP contribution in [0.4, 0.5) is 0 Å². The van der Waals surface area contributed by atoms with Crippen LogP contribution in [0.3, 0.4) is 0 Å². The average Bonchev–Trinajstić information content (AvgIpc) is 3.71. The fourth-order valence-corrected chi connectivity index (χ4v) is 5.48. The molecule has 0 aliphatic heterocycles. The molecule has 1 heterocycles. The topological polar surface area (TPSA) is 158 Å². The number of esters is 4. The lowest BCUT2D eigenvalue weighted by molar-refractivity contribution is -0.166. The standard InChI is InChI=1S/C20H18O10.C19H21NOS/c1-27-13-7-3-11(4-8-13)17(23)29-19(25)15(21)16(22)20(26)30-18(24)12-5-9-14(28-2)10-6-12;1-20(2)13-12-18(19-11-6-14-22-19)21-17-10-5-8-15-7-3-4-9-16(15)17/h3-10,15-16,21-22H,1-2H3;3-11,14,18H,12-13H2,1-2H3/t;18-/m.0/s1. The molecule has 272 valence electrons. The molecule has 3 atom stereocenters. The van der Waals surface area contributed by atoms with Gasteiger partial charge in [-0.05, 0) is 85.5 Å². The Morgan fingerprint density at radius 3 is 1.67 bits per heavy atom. The third-order valence-electron chi connectivity index (χ3n) is 7.54. The number of thiophene rings is 1. The number of aliphatic hydroxyl groups excluding tert-OH is 2. The minimum Gasteiger partial charge on any atom is -0.497 e. The van der Waals surface area contributed by atoms with Crippen LogP contribution in [0.1, 0.15) is 38.1 Å². The van der Waals surface area contributed by atoms with Crippen LogP contribution in [0.2, 0.25) is 0 Å². The normalized spacial score (nSPS) is 12.4. The Kier molecular flexibility index (Phi) is 14.4. The summed E-state index contributed by atoms with van der Waals surface area (Å²) < 4.78 is 25.1. The molecule has 0 fully saturated rings. The molecule has 0 radical (unpaired) electrons. The first-order chi connectivity index (χ1) is 25.0. The van der Waals surface area contributed by atoms with Gasteiger partial charge in [-0.3, -0.25) is 0 Å². The van der Waals surface area contributed by atoms with Gasteiger partial charge in [-0.1, -0.05) is 42.5 Å². The van der Waals surface area contributed by atoms with Crippen molar-refractivity contribution in [3.05, 3.63) is 125 Å². The fraction of sp³-hybridized carbons (Fsp3) is 0.231. The zero-order valence-electron chi connectivity index (χ0n) is 29.0. The summed E-state index contributed by atoms with van der Waals surface area (Å²) in [6.07, 6.45) is -3.82. The van der Waals surface area contributed by atoms with E-state index in [1.54, 1.807) is 11.3 Å². The Bertz CT molecular complexity index is 1840. The lowest BCUT2D eigenvalue weighted by atomic mass is 10.1. The summed E-state index contributed by atoms with van der Waals surface area (Å²) >= 11 is 1.76. The van der Waals surface area contributed by atoms with Crippen molar-refractivity contribution in [2.45, 2.75) is 24.7 Å². The molecule has 13 heteroatoms. The molecule has 0 spiro atoms. The van der Waals surface area contributed by atoms with E-state index in [1.165, 1.54) is 78.4 Å². The Balaban J connectivity index is 0.000000243. The van der Waals surface area contributed by atoms with Crippen molar-refractivity contribution in [2.75, 3.05) is 34.9 Å². The van der Waals surface area contributed by atoms with Gasteiger partial charge in [0.2, 0.25) is 0 Å². The molecule has 4 aromatic carbocycles. The molecule has 0 bridgehead atoms. The van der Waals surface area contributed by atoms with Crippen molar-refractivity contribution >= 4 is 46.0 Å². The maximum Gasteiger partial charge on any atom is 0.346 e. The predicted octanol–water partition coefficient (Wildman–Crippen LogP) is 5.47. The van der Waals surface area contributed by atoms with E-state index in [4.69, 9.17) is 14.2 Å². The predicted molar refractivity (Wildman–Crippen MR) is 194 cm³/mol. The van der Waals surface area contributed by atoms with Gasteiger partial charge in [0.25, 0.3) is 0 Å². The first-order valence-corrected chi connectivity index (χ1v) is 16.9. The van der Waals surface area contributed by atoms with Crippen LogP contribution in [0.15, 0.2) is 109 Å². The van der Waals surface area contributed by atoms with Crippen molar-refractivity contribution in [3.63, 3.8) is 0 Å². The molecule has 5 aromatic rings. The molecule has 5 rings (SSSR count). The number of fused-ring (bicyclic) bond motifs is 1. The van der Waals surface area contributed by atoms with Crippen LogP contribution >= 0.6 is 11.3 Å². The summed E-state index contributed by atoms with van der Waals surface area (Å²) in [6.45, 7) is 1.01. The van der Waals surface area contributed by atoms with Gasteiger partial charge in [0, 0.05) is 23.2 Å². The number of hydrogen-bond donors (Lipinski definition) is 2. The van der Waals surface area contributed by atoms with E-state index in [0.717, 1.165) is 18.7 Å². The van der Waals surface area contributed by atoms with Crippen molar-refractivity contribution in [3.8, 4) is 17.2 Å². The number of carbonyl (C=O) groups excluding carboxylic acids is 4. The number of aliphatic hydroxyl groups is 2. The molecule has 12 nitrogen and oxygen atoms in total. The maximum absolute atomic E-state index is 11.9. The summed E-state index contributed by atoms with van der Waals surface area (Å²) in [4.78, 5) is 51.0. The summed E-state index contributed by atoms with van der Waals surface area (Å²) in [7, 11) is 7.05. The van der Waals surface area contributed by atoms with Gasteiger partial charge in [0.05, 0.1) is 25.3 Å². The second kappa shape index (κ2) is 19.1. The monoisotopic (exact) mass is 729 g/mol. The van der Waals surface area contributed by atoms with Crippen molar-refractivity contribution < 1.29 is 53.1 Å². The Labute approximate surface area is 304 Å². The van der Waals surface area contributed by atoms with Gasteiger partial charge in [0.1, 0.15) is 23.4 Å². The molecular weight excluding hydrogens is 690 g/mol. The molecule has 0 saturated heterocycles. The third-order valence-corrected chi connectivity index (χ3v) is 8.50. The molecule has 52 heavy (non-hydrogen) atoms. The average molecular weight is 730 g/mol. The number of methoxy groups -OCH3 is 2. The molecule has 0 amide bonds. The molecule has 2 N–H and O–H groups in total. The molecule has 0 saturated carbocycles. The van der Waals surface area contributed by atoms with E-state index in [2.05, 4.69) is 88.4 Å². The van der Waals surface area contributed by atoms with Crippen LogP contribution in [-0.2, 0) is 19.1 Å². The number of hydrogen-bond acceptors (Lipinski definition) is 13. The van der Waals surface area contributed by atoms with Crippen molar-refractivity contribution in [1.29, 1.82) is 0 Å². The number of benzene rings is 4. The lowest BCUT2D eigenvalue weighted by Crippen LogP contribution is -2.43. The van der Waals surface area contributed by atoms with Crippen LogP contribution in [-0.4, -0.2) is 86.1 Å². The SMILES string of the molecule is CN(C)CC[C@H](Oc1cccc2ccccc12)c1cccs1.COc1ccc(C(=O)OC(=O)C(O)C(O)C(=O)OC(=O)c2ccc(OC)cc2)cc1. The maximum atomic E-state index is 11.9. The second-order valence-corrected chi connectivity index (χ2v) is 12.4. The minimum atomic E-state index is -2.46. The Morgan fingerprint density at radius 1 is 0.673 bits per heavy atom. The van der Waals surface area contributed by atoms with Crippen LogP contribution in [0, 0.1) is 0 Å². The van der Waals surface area contributed by atoms with Crippen molar-refractivity contribution in [2.24, 2.45) is 0 Å². The quantitative estimate of drug-likeness (QED) is 0.117. The van der Waals surface area contributed by atoms with E-state index in [1.807, 2.05) is 0 Å². The van der Waals surface area contributed by atoms with Crippen LogP contribution < -0.4 is 14.2 Å². The van der Waals surface area contributed by atoms with E-state index >= 15 is 0 Å². The Hall–Kier alpha value is -5.60. The number of rotatable bonds is 13. The summed E-state index contributed by atoms with van der Waals surface area (Å²) in [6, 6.07) is 29.9. The number of nitrogens with zero attached hydrogens (tertiary/aromatic N) is 1. The molecule has 0 aliphatic rings. The van der Waals surface area contributed by atoms with Crippen LogP contribution in [0.5, 0.6) is 17.2 Å². The van der Waals surface area contributed by atoms with Gasteiger partial charge >= 0.3 is 23.9 Å². The van der Waals surface area contributed by atoms with Crippen LogP contribution in [0.25, 0.3) is 10.8 Å². The van der Waals surface area contributed by atoms with Gasteiger partial charge in [0.15, 0.2) is 12.2 Å². The molecule has 2 unspecified atom stereocenters. The largest absolute Gasteiger partial charge is 0.497 e. The number of carbonyl (C=O) groups is 4. The van der Waals surface area contributed by atoms with Gasteiger partial charge in [-0.25, -0.2) is 19.2 Å². The summed E-state index contributed by atoms with van der Waals surface area (Å²) in [5.41, 5.74) is -0.0776. The minimum absolute atomic E-state index is 0.0388. The first kappa shape index (κ1) is 39.2. The second-order valence-electron chi connectivity index (χ2n) is 11.5. The van der Waals surface area contributed by atoms with E-state index in [0.29, 0.717) is 11.5 Å². The highest BCUT2D eigenvalue weighted by atomic mass is 32.1. The lowest BCUT2D eigenvalue weighted by Gasteiger charge is -2.21. The van der Waals surface area contributed by atoms with Crippen molar-refractivity contribution in [1.82, 2.24) is 4.90 Å². The highest BCUT2D eigenvalue weighted by Gasteiger charge is 2.35. The Morgan fingerprint density at radius 2 is 1.19 bits per heavy atom. The fourth-order valence-electron chi connectivity index (χ4n) is 4.69. The number of ether oxygens (including phenoxy) is 5. The zero-order valence-corrected chi connectivity index (χ0v) is 29.8. The van der Waals surface area contributed by atoms with E-state index in [-0.39, 0.29) is 17.2 Å². The highest BCUT2D eigenvalue weighted by Crippen LogP contribution is 2.32.